The third-order valence-electron chi connectivity index (χ3n) is 4.05. The summed E-state index contributed by atoms with van der Waals surface area (Å²) in [6.45, 7) is 1.88. The Labute approximate surface area is 180 Å². The number of amides is 2. The number of carbonyl (C=O) groups excluding carboxylic acids is 2. The smallest absolute Gasteiger partial charge is 0.407 e. The van der Waals surface area contributed by atoms with E-state index in [2.05, 4.69) is 15.8 Å². The Morgan fingerprint density at radius 2 is 1.80 bits per heavy atom. The van der Waals surface area contributed by atoms with E-state index in [4.69, 9.17) is 25.8 Å². The van der Waals surface area contributed by atoms with Crippen LogP contribution in [0.1, 0.15) is 18.1 Å². The first-order chi connectivity index (χ1) is 14.5. The minimum Gasteiger partial charge on any atom is -0.493 e. The minimum atomic E-state index is -0.871. The zero-order chi connectivity index (χ0) is 21.9. The topological polar surface area (TPSA) is 98.2 Å². The molecule has 0 aromatic heterocycles. The molecule has 2 rings (SSSR count). The van der Waals surface area contributed by atoms with E-state index in [1.165, 1.54) is 20.4 Å². The van der Waals surface area contributed by atoms with Crippen molar-refractivity contribution in [3.63, 3.8) is 0 Å². The lowest BCUT2D eigenvalue weighted by atomic mass is 10.1. The molecular formula is C21H24ClN3O5. The van der Waals surface area contributed by atoms with E-state index in [-0.39, 0.29) is 13.0 Å². The molecule has 8 nitrogen and oxygen atoms in total. The first-order valence-electron chi connectivity index (χ1n) is 9.20. The van der Waals surface area contributed by atoms with E-state index in [1.54, 1.807) is 19.1 Å². The summed E-state index contributed by atoms with van der Waals surface area (Å²) in [7, 11) is 3.01. The zero-order valence-corrected chi connectivity index (χ0v) is 17.7. The highest BCUT2D eigenvalue weighted by Crippen LogP contribution is 2.32. The van der Waals surface area contributed by atoms with E-state index < -0.39 is 18.0 Å². The molecule has 0 radical (unpaired) electrons. The second-order valence-corrected chi connectivity index (χ2v) is 6.48. The average molecular weight is 434 g/mol. The van der Waals surface area contributed by atoms with Crippen LogP contribution in [0.3, 0.4) is 0 Å². The zero-order valence-electron chi connectivity index (χ0n) is 17.0. The molecule has 0 unspecified atom stereocenters. The third-order valence-corrected chi connectivity index (χ3v) is 4.38. The van der Waals surface area contributed by atoms with Crippen LogP contribution in [-0.4, -0.2) is 45.1 Å². The molecule has 2 amide bonds. The average Bonchev–Trinajstić information content (AvgIpc) is 2.74. The van der Waals surface area contributed by atoms with E-state index in [1.807, 2.05) is 30.3 Å². The van der Waals surface area contributed by atoms with Gasteiger partial charge < -0.3 is 19.5 Å². The van der Waals surface area contributed by atoms with Crippen molar-refractivity contribution in [3.8, 4) is 11.5 Å². The fourth-order valence-corrected chi connectivity index (χ4v) is 2.79. The standard InChI is InChI=1S/C21H24ClN3O5/c1-4-30-21(27)24-17(10-14-8-6-5-7-9-14)20(26)25-23-13-15-11-18(28-2)19(29-3)12-16(15)22/h5-9,11-13,17H,4,10H2,1-3H3,(H,24,27)(H,25,26)/b23-13-/t17-/m1/s1. The second kappa shape index (κ2) is 11.7. The van der Waals surface area contributed by atoms with Crippen molar-refractivity contribution < 1.29 is 23.8 Å². The highest BCUT2D eigenvalue weighted by molar-refractivity contribution is 6.33. The van der Waals surface area contributed by atoms with Crippen LogP contribution in [0.15, 0.2) is 47.6 Å². The maximum Gasteiger partial charge on any atom is 0.407 e. The van der Waals surface area contributed by atoms with Crippen molar-refractivity contribution in [3.05, 3.63) is 58.6 Å². The summed E-state index contributed by atoms with van der Waals surface area (Å²) in [5, 5.41) is 6.87. The molecule has 9 heteroatoms. The number of alkyl carbamates (subject to hydrolysis) is 1. The van der Waals surface area contributed by atoms with Gasteiger partial charge in [-0.1, -0.05) is 41.9 Å². The maximum atomic E-state index is 12.6. The van der Waals surface area contributed by atoms with Gasteiger partial charge in [-0.05, 0) is 18.6 Å². The molecule has 0 aliphatic rings. The normalized spacial score (nSPS) is 11.6. The molecule has 0 aliphatic heterocycles. The van der Waals surface area contributed by atoms with Gasteiger partial charge in [0, 0.05) is 18.1 Å². The van der Waals surface area contributed by atoms with Gasteiger partial charge in [-0.2, -0.15) is 5.10 Å². The number of hydrazone groups is 1. The van der Waals surface area contributed by atoms with Gasteiger partial charge >= 0.3 is 6.09 Å². The number of carbonyl (C=O) groups is 2. The fourth-order valence-electron chi connectivity index (χ4n) is 2.59. The summed E-state index contributed by atoms with van der Waals surface area (Å²) in [6.07, 6.45) is 0.977. The molecule has 0 heterocycles. The molecule has 1 atom stereocenters. The molecule has 2 aromatic carbocycles. The van der Waals surface area contributed by atoms with Gasteiger partial charge in [0.05, 0.1) is 32.1 Å². The van der Waals surface area contributed by atoms with Crippen LogP contribution in [0.5, 0.6) is 11.5 Å². The summed E-state index contributed by atoms with van der Waals surface area (Å²) in [5.74, 6) is 0.450. The number of hydrogen-bond acceptors (Lipinski definition) is 6. The molecule has 30 heavy (non-hydrogen) atoms. The highest BCUT2D eigenvalue weighted by Gasteiger charge is 2.21. The second-order valence-electron chi connectivity index (χ2n) is 6.07. The number of nitrogens with zero attached hydrogens (tertiary/aromatic N) is 1. The van der Waals surface area contributed by atoms with Crippen LogP contribution in [0.4, 0.5) is 4.79 Å². The van der Waals surface area contributed by atoms with Crippen LogP contribution >= 0.6 is 11.6 Å². The summed E-state index contributed by atoms with van der Waals surface area (Å²) >= 11 is 6.21. The van der Waals surface area contributed by atoms with Gasteiger partial charge in [0.2, 0.25) is 0 Å². The van der Waals surface area contributed by atoms with Crippen molar-refractivity contribution in [1.82, 2.24) is 10.7 Å². The van der Waals surface area contributed by atoms with Crippen molar-refractivity contribution in [1.29, 1.82) is 0 Å². The van der Waals surface area contributed by atoms with Crippen LogP contribution in [0.2, 0.25) is 5.02 Å². The molecule has 160 valence electrons. The van der Waals surface area contributed by atoms with E-state index in [0.717, 1.165) is 5.56 Å². The predicted octanol–water partition coefficient (Wildman–Crippen LogP) is 3.16. The first-order valence-corrected chi connectivity index (χ1v) is 9.57. The number of nitrogens with one attached hydrogen (secondary N) is 2. The van der Waals surface area contributed by atoms with Crippen LogP contribution in [-0.2, 0) is 16.0 Å². The van der Waals surface area contributed by atoms with Crippen molar-refractivity contribution in [2.24, 2.45) is 5.10 Å². The Bertz CT molecular complexity index is 890. The van der Waals surface area contributed by atoms with Crippen LogP contribution in [0, 0.1) is 0 Å². The maximum absolute atomic E-state index is 12.6. The summed E-state index contributed by atoms with van der Waals surface area (Å²) in [6, 6.07) is 11.6. The lowest BCUT2D eigenvalue weighted by Gasteiger charge is -2.17. The van der Waals surface area contributed by atoms with Crippen molar-refractivity contribution >= 4 is 29.8 Å². The summed E-state index contributed by atoms with van der Waals surface area (Å²) in [4.78, 5) is 24.4. The lowest BCUT2D eigenvalue weighted by molar-refractivity contribution is -0.123. The molecule has 0 bridgehead atoms. The number of rotatable bonds is 9. The Balaban J connectivity index is 2.11. The lowest BCUT2D eigenvalue weighted by Crippen LogP contribution is -2.47. The number of halogens is 1. The van der Waals surface area contributed by atoms with E-state index >= 15 is 0 Å². The largest absolute Gasteiger partial charge is 0.493 e. The summed E-state index contributed by atoms with van der Waals surface area (Å²) in [5.41, 5.74) is 3.82. The predicted molar refractivity (Wildman–Crippen MR) is 114 cm³/mol. The van der Waals surface area contributed by atoms with Crippen LogP contribution < -0.4 is 20.2 Å². The minimum absolute atomic E-state index is 0.196. The SMILES string of the molecule is CCOC(=O)N[C@H](Cc1ccccc1)C(=O)N/N=C\c1cc(OC)c(OC)cc1Cl. The molecule has 0 fully saturated rings. The Morgan fingerprint density at radius 1 is 1.13 bits per heavy atom. The molecular weight excluding hydrogens is 410 g/mol. The molecule has 0 saturated heterocycles. The number of ether oxygens (including phenoxy) is 3. The number of benzene rings is 2. The Kier molecular flexibility index (Phi) is 8.96. The highest BCUT2D eigenvalue weighted by atomic mass is 35.5. The van der Waals surface area contributed by atoms with Crippen LogP contribution in [0.25, 0.3) is 0 Å². The molecule has 2 aromatic rings. The third kappa shape index (κ3) is 6.66. The number of hydrogen-bond donors (Lipinski definition) is 2. The Morgan fingerprint density at radius 3 is 2.43 bits per heavy atom. The van der Waals surface area contributed by atoms with Gasteiger partial charge in [-0.3, -0.25) is 4.79 Å². The van der Waals surface area contributed by atoms with Gasteiger partial charge in [0.15, 0.2) is 11.5 Å². The summed E-state index contributed by atoms with van der Waals surface area (Å²) < 4.78 is 15.3. The molecule has 0 aliphatic carbocycles. The Hall–Kier alpha value is -3.26. The van der Waals surface area contributed by atoms with Gasteiger partial charge in [0.1, 0.15) is 6.04 Å². The molecule has 2 N–H and O–H groups in total. The van der Waals surface area contributed by atoms with Crippen molar-refractivity contribution in [2.45, 2.75) is 19.4 Å². The van der Waals surface area contributed by atoms with E-state index in [9.17, 15) is 9.59 Å². The number of methoxy groups -OCH3 is 2. The van der Waals surface area contributed by atoms with Gasteiger partial charge in [-0.25, -0.2) is 10.2 Å². The van der Waals surface area contributed by atoms with E-state index in [0.29, 0.717) is 22.1 Å². The first kappa shape index (κ1) is 23.0. The fraction of sp³-hybridized carbons (Fsp3) is 0.286. The monoisotopic (exact) mass is 433 g/mol. The van der Waals surface area contributed by atoms with Gasteiger partial charge in [0.25, 0.3) is 5.91 Å². The van der Waals surface area contributed by atoms with Gasteiger partial charge in [-0.15, -0.1) is 0 Å². The quantitative estimate of drug-likeness (QED) is 0.467. The molecule has 0 saturated carbocycles. The van der Waals surface area contributed by atoms with Crippen molar-refractivity contribution in [2.75, 3.05) is 20.8 Å². The molecule has 0 spiro atoms.